The molecule has 0 radical (unpaired) electrons. The maximum absolute atomic E-state index is 13.1. The van der Waals surface area contributed by atoms with E-state index in [1.54, 1.807) is 17.7 Å². The highest BCUT2D eigenvalue weighted by molar-refractivity contribution is 5.85. The summed E-state index contributed by atoms with van der Waals surface area (Å²) in [6.07, 6.45) is 5.85. The van der Waals surface area contributed by atoms with Crippen LogP contribution in [0, 0.1) is 17.0 Å². The Morgan fingerprint density at radius 2 is 2.21 bits per heavy atom. The highest BCUT2D eigenvalue weighted by atomic mass is 35.5. The number of aromatic nitrogens is 3. The van der Waals surface area contributed by atoms with E-state index in [-0.39, 0.29) is 36.7 Å². The van der Waals surface area contributed by atoms with Gasteiger partial charge >= 0.3 is 5.82 Å². The molecular weight excluding hydrogens is 384 g/mol. The Kier molecular flexibility index (Phi) is 7.89. The summed E-state index contributed by atoms with van der Waals surface area (Å²) < 4.78 is 1.54. The molecule has 28 heavy (non-hydrogen) atoms. The van der Waals surface area contributed by atoms with Crippen molar-refractivity contribution in [3.05, 3.63) is 52.2 Å². The standard InChI is InChI=1S/C18H24N6O3.ClH/c1-14-21-17(24(26)27)12-22(14)13-18(25)23(11-15-5-2-3-9-20-15)16-6-4-8-19-10-7-16;/h2-3,5,9,12,16,19H,4,6-8,10-11,13H2,1H3;1H. The van der Waals surface area contributed by atoms with Crippen LogP contribution in [0.5, 0.6) is 0 Å². The first-order valence-corrected chi connectivity index (χ1v) is 9.13. The summed E-state index contributed by atoms with van der Waals surface area (Å²) >= 11 is 0. The minimum atomic E-state index is -0.545. The van der Waals surface area contributed by atoms with Gasteiger partial charge in [-0.05, 0) is 54.4 Å². The van der Waals surface area contributed by atoms with Crippen LogP contribution in [0.4, 0.5) is 5.82 Å². The van der Waals surface area contributed by atoms with Crippen molar-refractivity contribution in [2.45, 2.75) is 45.3 Å². The van der Waals surface area contributed by atoms with E-state index in [0.29, 0.717) is 12.4 Å². The molecule has 1 unspecified atom stereocenters. The fourth-order valence-corrected chi connectivity index (χ4v) is 3.38. The first kappa shape index (κ1) is 21.8. The largest absolute Gasteiger partial charge is 0.381 e. The van der Waals surface area contributed by atoms with Gasteiger partial charge in [0.15, 0.2) is 0 Å². The van der Waals surface area contributed by atoms with Gasteiger partial charge in [-0.3, -0.25) is 14.3 Å². The minimum absolute atomic E-state index is 0. The molecule has 1 saturated heterocycles. The van der Waals surface area contributed by atoms with E-state index in [2.05, 4.69) is 15.3 Å². The zero-order chi connectivity index (χ0) is 19.2. The number of aryl methyl sites for hydroxylation is 1. The molecule has 152 valence electrons. The van der Waals surface area contributed by atoms with Crippen molar-refractivity contribution in [1.82, 2.24) is 24.8 Å². The maximum atomic E-state index is 13.1. The van der Waals surface area contributed by atoms with E-state index in [1.165, 1.54) is 6.20 Å². The molecule has 0 spiro atoms. The van der Waals surface area contributed by atoms with Gasteiger partial charge < -0.3 is 20.3 Å². The molecule has 1 N–H and O–H groups in total. The molecule has 2 aromatic heterocycles. The lowest BCUT2D eigenvalue weighted by Gasteiger charge is -2.31. The van der Waals surface area contributed by atoms with Gasteiger partial charge in [-0.1, -0.05) is 6.07 Å². The quantitative estimate of drug-likeness (QED) is 0.579. The maximum Gasteiger partial charge on any atom is 0.381 e. The molecule has 2 aromatic rings. The lowest BCUT2D eigenvalue weighted by Crippen LogP contribution is -2.42. The zero-order valence-electron chi connectivity index (χ0n) is 15.8. The molecule has 1 atom stereocenters. The third-order valence-electron chi connectivity index (χ3n) is 4.82. The van der Waals surface area contributed by atoms with Crippen LogP contribution in [-0.2, 0) is 17.9 Å². The van der Waals surface area contributed by atoms with Crippen molar-refractivity contribution in [2.75, 3.05) is 13.1 Å². The predicted molar refractivity (Wildman–Crippen MR) is 106 cm³/mol. The summed E-state index contributed by atoms with van der Waals surface area (Å²) in [5.74, 6) is 0.133. The van der Waals surface area contributed by atoms with Gasteiger partial charge in [-0.2, -0.15) is 0 Å². The van der Waals surface area contributed by atoms with Crippen molar-refractivity contribution in [3.8, 4) is 0 Å². The number of rotatable bonds is 6. The summed E-state index contributed by atoms with van der Waals surface area (Å²) in [6.45, 7) is 3.95. The molecule has 1 fully saturated rings. The second kappa shape index (κ2) is 10.1. The molecule has 0 saturated carbocycles. The number of halogens is 1. The number of carbonyl (C=O) groups excluding carboxylic acids is 1. The van der Waals surface area contributed by atoms with Crippen LogP contribution in [0.3, 0.4) is 0 Å². The van der Waals surface area contributed by atoms with E-state index in [1.807, 2.05) is 23.1 Å². The van der Waals surface area contributed by atoms with Gasteiger partial charge in [0.1, 0.15) is 12.7 Å². The monoisotopic (exact) mass is 408 g/mol. The summed E-state index contributed by atoms with van der Waals surface area (Å²) in [5, 5.41) is 14.3. The van der Waals surface area contributed by atoms with E-state index in [0.717, 1.165) is 38.0 Å². The Bertz CT molecular complexity index is 790. The SMILES string of the molecule is Cc1nc([N+](=O)[O-])cn1CC(=O)N(Cc1ccccn1)C1CCCNCC1.Cl. The van der Waals surface area contributed by atoms with E-state index in [9.17, 15) is 14.9 Å². The van der Waals surface area contributed by atoms with Crippen molar-refractivity contribution < 1.29 is 9.72 Å². The van der Waals surface area contributed by atoms with Crippen molar-refractivity contribution in [3.63, 3.8) is 0 Å². The molecule has 1 aliphatic rings. The van der Waals surface area contributed by atoms with Gasteiger partial charge in [0.2, 0.25) is 11.7 Å². The summed E-state index contributed by atoms with van der Waals surface area (Å²) in [4.78, 5) is 33.6. The molecule has 10 heteroatoms. The van der Waals surface area contributed by atoms with Crippen LogP contribution >= 0.6 is 12.4 Å². The third-order valence-corrected chi connectivity index (χ3v) is 4.82. The Morgan fingerprint density at radius 1 is 1.39 bits per heavy atom. The van der Waals surface area contributed by atoms with Crippen molar-refractivity contribution in [2.24, 2.45) is 0 Å². The summed E-state index contributed by atoms with van der Waals surface area (Å²) in [6, 6.07) is 5.78. The number of carbonyl (C=O) groups is 1. The van der Waals surface area contributed by atoms with Crippen LogP contribution in [-0.4, -0.2) is 49.4 Å². The molecule has 9 nitrogen and oxygen atoms in total. The molecule has 1 aliphatic heterocycles. The average Bonchev–Trinajstić information content (AvgIpc) is 2.86. The fourth-order valence-electron chi connectivity index (χ4n) is 3.38. The second-order valence-electron chi connectivity index (χ2n) is 6.71. The lowest BCUT2D eigenvalue weighted by atomic mass is 10.1. The molecular formula is C18H25ClN6O3. The topological polar surface area (TPSA) is 106 Å². The Hall–Kier alpha value is -2.52. The van der Waals surface area contributed by atoms with Crippen LogP contribution in [0.2, 0.25) is 0 Å². The average molecular weight is 409 g/mol. The van der Waals surface area contributed by atoms with Gasteiger partial charge in [-0.25, -0.2) is 0 Å². The van der Waals surface area contributed by atoms with Crippen molar-refractivity contribution >= 4 is 24.1 Å². The van der Waals surface area contributed by atoms with Gasteiger partial charge in [0.05, 0.1) is 12.2 Å². The Labute approximate surface area is 169 Å². The zero-order valence-corrected chi connectivity index (χ0v) is 16.6. The molecule has 0 aliphatic carbocycles. The summed E-state index contributed by atoms with van der Waals surface area (Å²) in [5.41, 5.74) is 0.830. The van der Waals surface area contributed by atoms with E-state index in [4.69, 9.17) is 0 Å². The van der Waals surface area contributed by atoms with Gasteiger partial charge in [-0.15, -0.1) is 12.4 Å². The molecule has 1 amide bonds. The number of amides is 1. The third kappa shape index (κ3) is 5.49. The Balaban J connectivity index is 0.00000280. The van der Waals surface area contributed by atoms with Crippen molar-refractivity contribution in [1.29, 1.82) is 0 Å². The number of nitrogens with one attached hydrogen (secondary N) is 1. The fraction of sp³-hybridized carbons (Fsp3) is 0.500. The van der Waals surface area contributed by atoms with Crippen LogP contribution in [0.1, 0.15) is 30.8 Å². The minimum Gasteiger partial charge on any atom is -0.358 e. The highest BCUT2D eigenvalue weighted by Gasteiger charge is 2.27. The van der Waals surface area contributed by atoms with Crippen LogP contribution in [0.15, 0.2) is 30.6 Å². The Morgan fingerprint density at radius 3 is 2.89 bits per heavy atom. The number of pyridine rings is 1. The summed E-state index contributed by atoms with van der Waals surface area (Å²) in [7, 11) is 0. The number of hydrogen-bond donors (Lipinski definition) is 1. The molecule has 0 aromatic carbocycles. The van der Waals surface area contributed by atoms with Crippen LogP contribution in [0.25, 0.3) is 0 Å². The van der Waals surface area contributed by atoms with Crippen LogP contribution < -0.4 is 5.32 Å². The molecule has 3 heterocycles. The number of imidazole rings is 1. The predicted octanol–water partition coefficient (Wildman–Crippen LogP) is 2.09. The first-order valence-electron chi connectivity index (χ1n) is 9.13. The first-order chi connectivity index (χ1) is 13.0. The lowest BCUT2D eigenvalue weighted by molar-refractivity contribution is -0.389. The number of hydrogen-bond acceptors (Lipinski definition) is 6. The van der Waals surface area contributed by atoms with Gasteiger partial charge in [0.25, 0.3) is 0 Å². The number of nitro groups is 1. The highest BCUT2D eigenvalue weighted by Crippen LogP contribution is 2.18. The van der Waals surface area contributed by atoms with E-state index >= 15 is 0 Å². The van der Waals surface area contributed by atoms with Gasteiger partial charge in [0, 0.05) is 19.2 Å². The number of nitrogens with zero attached hydrogens (tertiary/aromatic N) is 5. The molecule has 3 rings (SSSR count). The normalized spacial score (nSPS) is 16.7. The second-order valence-corrected chi connectivity index (χ2v) is 6.71. The van der Waals surface area contributed by atoms with E-state index < -0.39 is 4.92 Å². The molecule has 0 bridgehead atoms. The smallest absolute Gasteiger partial charge is 0.358 e.